The maximum Gasteiger partial charge on any atom is 0.290 e. The van der Waals surface area contributed by atoms with Crippen molar-refractivity contribution in [2.45, 2.75) is 32.3 Å². The van der Waals surface area contributed by atoms with Crippen LogP contribution in [0.3, 0.4) is 0 Å². The van der Waals surface area contributed by atoms with E-state index in [9.17, 15) is 0 Å². The van der Waals surface area contributed by atoms with Crippen LogP contribution in [-0.4, -0.2) is 18.2 Å². The highest BCUT2D eigenvalue weighted by molar-refractivity contribution is 5.36. The summed E-state index contributed by atoms with van der Waals surface area (Å²) >= 11 is 0. The van der Waals surface area contributed by atoms with Gasteiger partial charge in [0.25, 0.3) is 6.47 Å². The first kappa shape index (κ1) is 14.3. The molecule has 2 rings (SSSR count). The zero-order valence-electron chi connectivity index (χ0n) is 10.6. The molecule has 0 spiro atoms. The number of fused-ring (bicyclic) bond motifs is 1. The van der Waals surface area contributed by atoms with Crippen LogP contribution in [0, 0.1) is 12.3 Å². The van der Waals surface area contributed by atoms with Gasteiger partial charge in [-0.3, -0.25) is 4.79 Å². The minimum absolute atomic E-state index is 0.104. The van der Waals surface area contributed by atoms with Gasteiger partial charge < -0.3 is 9.84 Å². The molecule has 1 aromatic carbocycles. The number of hydrogen-bond acceptors (Lipinski definition) is 2. The number of aryl methyl sites for hydroxylation is 2. The second kappa shape index (κ2) is 7.52. The average Bonchev–Trinajstić information content (AvgIpc) is 2.84. The lowest BCUT2D eigenvalue weighted by atomic mass is 10.0. The molecule has 1 N–H and O–H groups in total. The van der Waals surface area contributed by atoms with Gasteiger partial charge in [0.1, 0.15) is 6.61 Å². The maximum absolute atomic E-state index is 8.36. The number of benzene rings is 1. The Kier molecular flexibility index (Phi) is 5.96. The summed E-state index contributed by atoms with van der Waals surface area (Å²) < 4.78 is 5.50. The fourth-order valence-corrected chi connectivity index (χ4v) is 2.11. The number of carboxylic acid groups (broad SMARTS) is 1. The van der Waals surface area contributed by atoms with Gasteiger partial charge in [-0.2, -0.15) is 0 Å². The van der Waals surface area contributed by atoms with Gasteiger partial charge in [-0.15, -0.1) is 6.42 Å². The van der Waals surface area contributed by atoms with Gasteiger partial charge in [-0.1, -0.05) is 24.1 Å². The van der Waals surface area contributed by atoms with Gasteiger partial charge in [0.2, 0.25) is 0 Å². The molecule has 1 aliphatic rings. The molecular formula is C15H18O3. The van der Waals surface area contributed by atoms with Crippen molar-refractivity contribution in [3.8, 4) is 12.3 Å². The second-order valence-electron chi connectivity index (χ2n) is 4.14. The Morgan fingerprint density at radius 1 is 1.50 bits per heavy atom. The minimum atomic E-state index is -0.250. The molecule has 1 aliphatic carbocycles. The van der Waals surface area contributed by atoms with Crippen LogP contribution in [-0.2, 0) is 22.4 Å². The summed E-state index contributed by atoms with van der Waals surface area (Å²) in [4.78, 5) is 8.36. The second-order valence-corrected chi connectivity index (χ2v) is 4.14. The van der Waals surface area contributed by atoms with Crippen LogP contribution in [0.15, 0.2) is 18.2 Å². The molecule has 0 bridgehead atoms. The summed E-state index contributed by atoms with van der Waals surface area (Å²) in [6, 6.07) is 6.66. The lowest BCUT2D eigenvalue weighted by Crippen LogP contribution is -2.01. The lowest BCUT2D eigenvalue weighted by molar-refractivity contribution is -0.122. The van der Waals surface area contributed by atoms with Gasteiger partial charge in [0.05, 0.1) is 6.10 Å². The summed E-state index contributed by atoms with van der Waals surface area (Å²) in [5.41, 5.74) is 4.23. The Balaban J connectivity index is 0.000000492. The minimum Gasteiger partial charge on any atom is -0.483 e. The van der Waals surface area contributed by atoms with E-state index >= 15 is 0 Å². The van der Waals surface area contributed by atoms with Crippen LogP contribution in [0.25, 0.3) is 0 Å². The predicted molar refractivity (Wildman–Crippen MR) is 70.4 cm³/mol. The summed E-state index contributed by atoms with van der Waals surface area (Å²) in [5, 5.41) is 6.89. The van der Waals surface area contributed by atoms with Crippen LogP contribution in [0.1, 0.15) is 36.1 Å². The van der Waals surface area contributed by atoms with Crippen molar-refractivity contribution >= 4 is 6.47 Å². The zero-order valence-corrected chi connectivity index (χ0v) is 10.6. The molecule has 0 aromatic heterocycles. The van der Waals surface area contributed by atoms with Crippen LogP contribution in [0.4, 0.5) is 0 Å². The molecule has 0 heterocycles. The highest BCUT2D eigenvalue weighted by atomic mass is 16.5. The third-order valence-corrected chi connectivity index (χ3v) is 3.01. The van der Waals surface area contributed by atoms with Gasteiger partial charge in [-0.25, -0.2) is 0 Å². The molecule has 1 aromatic rings. The highest BCUT2D eigenvalue weighted by Crippen LogP contribution is 2.26. The maximum atomic E-state index is 8.36. The number of hydrogen-bond donors (Lipinski definition) is 1. The molecule has 0 saturated carbocycles. The molecule has 3 heteroatoms. The van der Waals surface area contributed by atoms with E-state index in [4.69, 9.17) is 21.1 Å². The Labute approximate surface area is 108 Å². The van der Waals surface area contributed by atoms with Crippen LogP contribution in [0.5, 0.6) is 0 Å². The highest BCUT2D eigenvalue weighted by Gasteiger charge is 2.13. The fourth-order valence-electron chi connectivity index (χ4n) is 2.11. The van der Waals surface area contributed by atoms with Crippen molar-refractivity contribution in [1.29, 1.82) is 0 Å². The van der Waals surface area contributed by atoms with Crippen molar-refractivity contribution in [2.75, 3.05) is 6.61 Å². The van der Waals surface area contributed by atoms with Crippen LogP contribution in [0.2, 0.25) is 0 Å². The van der Waals surface area contributed by atoms with E-state index in [-0.39, 0.29) is 12.6 Å². The number of rotatable bonds is 3. The largest absolute Gasteiger partial charge is 0.483 e. The molecule has 0 radical (unpaired) electrons. The smallest absolute Gasteiger partial charge is 0.290 e. The molecule has 18 heavy (non-hydrogen) atoms. The van der Waals surface area contributed by atoms with Crippen LogP contribution < -0.4 is 0 Å². The first-order chi connectivity index (χ1) is 8.72. The SMILES string of the molecule is C#CCOC(C)c1ccc2c(c1)CCC2.O=CO. The third-order valence-electron chi connectivity index (χ3n) is 3.01. The van der Waals surface area contributed by atoms with E-state index in [1.54, 1.807) is 0 Å². The van der Waals surface area contributed by atoms with E-state index in [1.807, 2.05) is 6.92 Å². The summed E-state index contributed by atoms with van der Waals surface area (Å²) in [6.45, 7) is 2.19. The van der Waals surface area contributed by atoms with E-state index in [0.29, 0.717) is 6.61 Å². The lowest BCUT2D eigenvalue weighted by Gasteiger charge is -2.12. The Morgan fingerprint density at radius 3 is 2.83 bits per heavy atom. The van der Waals surface area contributed by atoms with Gasteiger partial charge >= 0.3 is 0 Å². The first-order valence-electron chi connectivity index (χ1n) is 5.97. The standard InChI is InChI=1S/C14H16O.CH2O2/c1-3-9-15-11(2)13-8-7-12-5-4-6-14(12)10-13;2-1-3/h1,7-8,10-11H,4-6,9H2,2H3;1H,(H,2,3). The molecule has 1 atom stereocenters. The van der Waals surface area contributed by atoms with E-state index in [2.05, 4.69) is 24.1 Å². The van der Waals surface area contributed by atoms with E-state index in [1.165, 1.54) is 36.0 Å². The summed E-state index contributed by atoms with van der Waals surface area (Å²) in [7, 11) is 0. The average molecular weight is 246 g/mol. The quantitative estimate of drug-likeness (QED) is 0.658. The molecular weight excluding hydrogens is 228 g/mol. The van der Waals surface area contributed by atoms with Crippen molar-refractivity contribution < 1.29 is 14.6 Å². The molecule has 0 amide bonds. The zero-order chi connectivity index (χ0) is 13.4. The first-order valence-corrected chi connectivity index (χ1v) is 5.97. The van der Waals surface area contributed by atoms with Crippen LogP contribution >= 0.6 is 0 Å². The van der Waals surface area contributed by atoms with Crippen molar-refractivity contribution in [3.63, 3.8) is 0 Å². The normalized spacial score (nSPS) is 13.8. The number of ether oxygens (including phenoxy) is 1. The molecule has 3 nitrogen and oxygen atoms in total. The Bertz CT molecular complexity index is 432. The fraction of sp³-hybridized carbons (Fsp3) is 0.400. The van der Waals surface area contributed by atoms with E-state index in [0.717, 1.165) is 0 Å². The summed E-state index contributed by atoms with van der Waals surface area (Å²) in [5.74, 6) is 2.50. The van der Waals surface area contributed by atoms with Gasteiger partial charge in [0.15, 0.2) is 0 Å². The van der Waals surface area contributed by atoms with Crippen molar-refractivity contribution in [1.82, 2.24) is 0 Å². The number of carbonyl (C=O) groups is 1. The third kappa shape index (κ3) is 3.90. The topological polar surface area (TPSA) is 46.5 Å². The molecule has 0 saturated heterocycles. The number of terminal acetylenes is 1. The Hall–Kier alpha value is -1.79. The van der Waals surface area contributed by atoms with Crippen molar-refractivity contribution in [2.24, 2.45) is 0 Å². The molecule has 1 unspecified atom stereocenters. The van der Waals surface area contributed by atoms with Gasteiger partial charge in [0, 0.05) is 0 Å². The summed E-state index contributed by atoms with van der Waals surface area (Å²) in [6.07, 6.45) is 9.01. The van der Waals surface area contributed by atoms with E-state index < -0.39 is 0 Å². The Morgan fingerprint density at radius 2 is 2.17 bits per heavy atom. The predicted octanol–water partition coefficient (Wildman–Crippen LogP) is 2.59. The van der Waals surface area contributed by atoms with Crippen molar-refractivity contribution in [3.05, 3.63) is 34.9 Å². The molecule has 96 valence electrons. The molecule has 0 aliphatic heterocycles. The molecule has 0 fully saturated rings. The van der Waals surface area contributed by atoms with Gasteiger partial charge in [-0.05, 0) is 42.9 Å². The monoisotopic (exact) mass is 246 g/mol.